The number of nitrogens with one attached hydrogen (secondary N) is 1. The average molecular weight is 292 g/mol. The molecule has 0 atom stereocenters. The molecule has 1 rings (SSSR count). The first-order chi connectivity index (χ1) is 7.40. The molecule has 0 aliphatic carbocycles. The van der Waals surface area contributed by atoms with Crippen LogP contribution >= 0.6 is 15.9 Å². The molecule has 0 saturated heterocycles. The number of halogens is 3. The van der Waals surface area contributed by atoms with Crippen molar-refractivity contribution in [3.63, 3.8) is 0 Å². The molecule has 0 spiro atoms. The summed E-state index contributed by atoms with van der Waals surface area (Å²) in [5, 5.41) is 2.01. The fourth-order valence-electron chi connectivity index (χ4n) is 1.07. The van der Waals surface area contributed by atoms with Gasteiger partial charge in [0.25, 0.3) is 0 Å². The molecule has 16 heavy (non-hydrogen) atoms. The van der Waals surface area contributed by atoms with Gasteiger partial charge in [-0.2, -0.15) is 0 Å². The summed E-state index contributed by atoms with van der Waals surface area (Å²) in [7, 11) is 0. The lowest BCUT2D eigenvalue weighted by Crippen LogP contribution is -2.16. The van der Waals surface area contributed by atoms with E-state index >= 15 is 0 Å². The second-order valence-corrected chi connectivity index (χ2v) is 4.09. The van der Waals surface area contributed by atoms with E-state index in [2.05, 4.69) is 15.9 Å². The number of benzene rings is 1. The normalized spacial score (nSPS) is 10.0. The predicted molar refractivity (Wildman–Crippen MR) is 58.0 cm³/mol. The fourth-order valence-corrected chi connectivity index (χ4v) is 1.47. The van der Waals surface area contributed by atoms with E-state index in [0.29, 0.717) is 0 Å². The van der Waals surface area contributed by atoms with Crippen LogP contribution < -0.4 is 5.32 Å². The van der Waals surface area contributed by atoms with Crippen LogP contribution in [0.2, 0.25) is 0 Å². The number of rotatable bonds is 3. The highest BCUT2D eigenvalue weighted by atomic mass is 79.9. The van der Waals surface area contributed by atoms with Gasteiger partial charge in [-0.1, -0.05) is 15.9 Å². The molecule has 0 heterocycles. The quantitative estimate of drug-likeness (QED) is 0.870. The number of carbonyl (C=O) groups excluding carboxylic acids is 2. The topological polar surface area (TPSA) is 46.2 Å². The summed E-state index contributed by atoms with van der Waals surface area (Å²) in [6.45, 7) is 1.22. The van der Waals surface area contributed by atoms with Crippen LogP contribution in [0.15, 0.2) is 16.6 Å². The molecule has 0 aromatic heterocycles. The van der Waals surface area contributed by atoms with Gasteiger partial charge in [0.1, 0.15) is 11.5 Å². The van der Waals surface area contributed by atoms with Gasteiger partial charge in [0.15, 0.2) is 11.6 Å². The Kier molecular flexibility index (Phi) is 4.12. The molecule has 6 heteroatoms. The van der Waals surface area contributed by atoms with Crippen LogP contribution in [0.3, 0.4) is 0 Å². The largest absolute Gasteiger partial charge is 0.321 e. The van der Waals surface area contributed by atoms with Crippen molar-refractivity contribution in [2.24, 2.45) is 0 Å². The first-order valence-electron chi connectivity index (χ1n) is 4.34. The summed E-state index contributed by atoms with van der Waals surface area (Å²) < 4.78 is 26.7. The van der Waals surface area contributed by atoms with Crippen LogP contribution in [0.25, 0.3) is 0 Å². The van der Waals surface area contributed by atoms with Gasteiger partial charge < -0.3 is 5.32 Å². The van der Waals surface area contributed by atoms with Gasteiger partial charge in [0, 0.05) is 4.47 Å². The minimum Gasteiger partial charge on any atom is -0.321 e. The molecule has 0 bridgehead atoms. The third kappa shape index (κ3) is 3.37. The maximum atomic E-state index is 13.2. The number of Topliss-reactive ketones (excluding diaryl/α,β-unsaturated/α-hetero) is 1. The second-order valence-electron chi connectivity index (χ2n) is 3.17. The Bertz CT molecular complexity index is 425. The molecule has 1 N–H and O–H groups in total. The van der Waals surface area contributed by atoms with Gasteiger partial charge in [-0.25, -0.2) is 8.78 Å². The number of hydrogen-bond donors (Lipinski definition) is 1. The zero-order valence-electron chi connectivity index (χ0n) is 8.31. The van der Waals surface area contributed by atoms with Gasteiger partial charge in [-0.15, -0.1) is 0 Å². The molecule has 0 radical (unpaired) electrons. The van der Waals surface area contributed by atoms with Crippen LogP contribution in [0, 0.1) is 11.6 Å². The number of carbonyl (C=O) groups is 2. The Labute approximate surface area is 99.0 Å². The summed E-state index contributed by atoms with van der Waals surface area (Å²) in [5.74, 6) is -2.92. The van der Waals surface area contributed by atoms with Crippen molar-refractivity contribution >= 4 is 33.3 Å². The van der Waals surface area contributed by atoms with Gasteiger partial charge in [-0.05, 0) is 19.1 Å². The van der Waals surface area contributed by atoms with Gasteiger partial charge in [0.05, 0.1) is 6.42 Å². The van der Waals surface area contributed by atoms with E-state index in [-0.39, 0.29) is 10.3 Å². The molecular formula is C10H8BrF2NO2. The minimum absolute atomic E-state index is 0.229. The Morgan fingerprint density at radius 2 is 1.81 bits per heavy atom. The van der Waals surface area contributed by atoms with Crippen LogP contribution in [0.5, 0.6) is 0 Å². The molecule has 86 valence electrons. The summed E-state index contributed by atoms with van der Waals surface area (Å²) in [6, 6.07) is 2.04. The fraction of sp³-hybridized carbons (Fsp3) is 0.200. The molecule has 3 nitrogen and oxygen atoms in total. The summed E-state index contributed by atoms with van der Waals surface area (Å²) in [4.78, 5) is 21.7. The molecule has 1 aromatic rings. The van der Waals surface area contributed by atoms with Crippen molar-refractivity contribution in [1.82, 2.24) is 0 Å². The number of anilines is 1. The predicted octanol–water partition coefficient (Wildman–Crippen LogP) is 2.64. The van der Waals surface area contributed by atoms with Crippen molar-refractivity contribution < 1.29 is 18.4 Å². The van der Waals surface area contributed by atoms with E-state index in [1.54, 1.807) is 0 Å². The first-order valence-corrected chi connectivity index (χ1v) is 5.13. The zero-order valence-corrected chi connectivity index (χ0v) is 9.90. The third-order valence-electron chi connectivity index (χ3n) is 1.68. The molecule has 0 aliphatic rings. The van der Waals surface area contributed by atoms with E-state index in [4.69, 9.17) is 0 Å². The van der Waals surface area contributed by atoms with Crippen molar-refractivity contribution in [2.75, 3.05) is 5.32 Å². The van der Waals surface area contributed by atoms with E-state index in [1.165, 1.54) is 6.92 Å². The maximum absolute atomic E-state index is 13.2. The minimum atomic E-state index is -0.899. The van der Waals surface area contributed by atoms with Gasteiger partial charge in [0.2, 0.25) is 5.91 Å². The lowest BCUT2D eigenvalue weighted by atomic mass is 10.2. The SMILES string of the molecule is CC(=O)CC(=O)Nc1c(F)cc(Br)cc1F. The Balaban J connectivity index is 2.89. The highest BCUT2D eigenvalue weighted by Gasteiger charge is 2.14. The molecule has 0 aliphatic heterocycles. The van der Waals surface area contributed by atoms with Crippen LogP contribution in [0.1, 0.15) is 13.3 Å². The van der Waals surface area contributed by atoms with Crippen LogP contribution in [-0.2, 0) is 9.59 Å². The highest BCUT2D eigenvalue weighted by molar-refractivity contribution is 9.10. The van der Waals surface area contributed by atoms with E-state index in [0.717, 1.165) is 12.1 Å². The molecule has 0 fully saturated rings. The summed E-state index contributed by atoms with van der Waals surface area (Å²) in [5.41, 5.74) is -0.547. The number of hydrogen-bond acceptors (Lipinski definition) is 2. The zero-order chi connectivity index (χ0) is 12.3. The van der Waals surface area contributed by atoms with Crippen LogP contribution in [0.4, 0.5) is 14.5 Å². The smallest absolute Gasteiger partial charge is 0.231 e. The Hall–Kier alpha value is -1.30. The Morgan fingerprint density at radius 1 is 1.31 bits per heavy atom. The van der Waals surface area contributed by atoms with Crippen molar-refractivity contribution in [2.45, 2.75) is 13.3 Å². The van der Waals surface area contributed by atoms with Gasteiger partial charge >= 0.3 is 0 Å². The van der Waals surface area contributed by atoms with Crippen molar-refractivity contribution in [1.29, 1.82) is 0 Å². The highest BCUT2D eigenvalue weighted by Crippen LogP contribution is 2.23. The molecule has 1 aromatic carbocycles. The van der Waals surface area contributed by atoms with Gasteiger partial charge in [-0.3, -0.25) is 9.59 Å². The number of amides is 1. The van der Waals surface area contributed by atoms with E-state index in [9.17, 15) is 18.4 Å². The van der Waals surface area contributed by atoms with Crippen LogP contribution in [-0.4, -0.2) is 11.7 Å². The third-order valence-corrected chi connectivity index (χ3v) is 2.14. The standard InChI is InChI=1S/C10H8BrF2NO2/c1-5(15)2-9(16)14-10-7(12)3-6(11)4-8(10)13/h3-4H,2H2,1H3,(H,14,16). The number of ketones is 1. The second kappa shape index (κ2) is 5.16. The Morgan fingerprint density at radius 3 is 2.25 bits per heavy atom. The van der Waals surface area contributed by atoms with E-state index in [1.807, 2.05) is 5.32 Å². The summed E-state index contributed by atoms with van der Waals surface area (Å²) in [6.07, 6.45) is -0.408. The lowest BCUT2D eigenvalue weighted by Gasteiger charge is -2.07. The molecule has 0 unspecified atom stereocenters. The lowest BCUT2D eigenvalue weighted by molar-refractivity contribution is -0.124. The molecule has 0 saturated carbocycles. The molecule has 1 amide bonds. The maximum Gasteiger partial charge on any atom is 0.231 e. The van der Waals surface area contributed by atoms with E-state index < -0.39 is 29.6 Å². The molecular weight excluding hydrogens is 284 g/mol. The average Bonchev–Trinajstić information content (AvgIpc) is 2.09. The monoisotopic (exact) mass is 291 g/mol. The van der Waals surface area contributed by atoms with Crippen molar-refractivity contribution in [3.05, 3.63) is 28.2 Å². The summed E-state index contributed by atoms with van der Waals surface area (Å²) >= 11 is 2.91. The first kappa shape index (κ1) is 12.8. The van der Waals surface area contributed by atoms with Crippen molar-refractivity contribution in [3.8, 4) is 0 Å².